The fourth-order valence-electron chi connectivity index (χ4n) is 1.93. The van der Waals surface area contributed by atoms with Gasteiger partial charge in [-0.05, 0) is 37.4 Å². The van der Waals surface area contributed by atoms with Crippen LogP contribution in [-0.4, -0.2) is 12.3 Å². The Morgan fingerprint density at radius 2 is 1.82 bits per heavy atom. The largest absolute Gasteiger partial charge is 0.330 e. The summed E-state index contributed by atoms with van der Waals surface area (Å²) in [7, 11) is 0. The summed E-state index contributed by atoms with van der Waals surface area (Å²) in [5, 5.41) is 0. The van der Waals surface area contributed by atoms with Gasteiger partial charge in [-0.3, -0.25) is 4.79 Å². The van der Waals surface area contributed by atoms with Gasteiger partial charge in [0.05, 0.1) is 0 Å². The summed E-state index contributed by atoms with van der Waals surface area (Å²) < 4.78 is 0. The van der Waals surface area contributed by atoms with E-state index < -0.39 is 0 Å². The Morgan fingerprint density at radius 1 is 1.12 bits per heavy atom. The van der Waals surface area contributed by atoms with Gasteiger partial charge in [-0.1, -0.05) is 37.1 Å². The molecule has 17 heavy (non-hydrogen) atoms. The van der Waals surface area contributed by atoms with Gasteiger partial charge in [0, 0.05) is 12.8 Å². The first kappa shape index (κ1) is 13.9. The van der Waals surface area contributed by atoms with Crippen LogP contribution in [0.4, 0.5) is 0 Å². The summed E-state index contributed by atoms with van der Waals surface area (Å²) in [5.74, 6) is 0.354. The minimum Gasteiger partial charge on any atom is -0.330 e. The van der Waals surface area contributed by atoms with Gasteiger partial charge < -0.3 is 5.73 Å². The second kappa shape index (κ2) is 8.02. The average molecular weight is 233 g/mol. The average Bonchev–Trinajstić information content (AvgIpc) is 2.32. The highest BCUT2D eigenvalue weighted by atomic mass is 16.1. The molecule has 2 heteroatoms. The second-order valence-electron chi connectivity index (χ2n) is 4.59. The van der Waals surface area contributed by atoms with Gasteiger partial charge in [0.1, 0.15) is 5.78 Å². The van der Waals surface area contributed by atoms with Crippen molar-refractivity contribution >= 4 is 5.78 Å². The highest BCUT2D eigenvalue weighted by Crippen LogP contribution is 2.11. The Labute approximate surface area is 104 Å². The number of rotatable bonds is 8. The minimum atomic E-state index is 0.354. The Hall–Kier alpha value is -1.15. The van der Waals surface area contributed by atoms with E-state index in [0.717, 1.165) is 32.2 Å². The molecule has 0 radical (unpaired) electrons. The van der Waals surface area contributed by atoms with Gasteiger partial charge in [0.15, 0.2) is 0 Å². The molecule has 94 valence electrons. The number of hydrogen-bond donors (Lipinski definition) is 1. The van der Waals surface area contributed by atoms with Crippen molar-refractivity contribution in [2.75, 3.05) is 6.54 Å². The van der Waals surface area contributed by atoms with Crippen LogP contribution >= 0.6 is 0 Å². The van der Waals surface area contributed by atoms with E-state index in [1.807, 2.05) is 18.2 Å². The lowest BCUT2D eigenvalue weighted by Crippen LogP contribution is -2.04. The van der Waals surface area contributed by atoms with Gasteiger partial charge in [0.2, 0.25) is 0 Å². The van der Waals surface area contributed by atoms with Crippen molar-refractivity contribution < 1.29 is 4.79 Å². The molecule has 0 aliphatic rings. The van der Waals surface area contributed by atoms with Crippen LogP contribution in [0.1, 0.15) is 43.2 Å². The lowest BCUT2D eigenvalue weighted by molar-refractivity contribution is -0.118. The molecule has 2 N–H and O–H groups in total. The van der Waals surface area contributed by atoms with E-state index in [1.54, 1.807) is 0 Å². The second-order valence-corrected chi connectivity index (χ2v) is 4.59. The zero-order valence-corrected chi connectivity index (χ0v) is 10.7. The third-order valence-corrected chi connectivity index (χ3v) is 3.06. The van der Waals surface area contributed by atoms with Crippen LogP contribution in [0.2, 0.25) is 0 Å². The maximum atomic E-state index is 11.8. The Kier molecular flexibility index (Phi) is 6.56. The van der Waals surface area contributed by atoms with Crippen LogP contribution in [0.5, 0.6) is 0 Å². The molecule has 0 amide bonds. The number of carbonyl (C=O) groups excluding carboxylic acids is 1. The van der Waals surface area contributed by atoms with Crippen molar-refractivity contribution in [1.29, 1.82) is 0 Å². The first-order chi connectivity index (χ1) is 8.24. The molecular weight excluding hydrogens is 210 g/mol. The third kappa shape index (κ3) is 5.64. The third-order valence-electron chi connectivity index (χ3n) is 3.06. The number of aryl methyl sites for hydroxylation is 1. The zero-order chi connectivity index (χ0) is 12.5. The van der Waals surface area contributed by atoms with E-state index >= 15 is 0 Å². The first-order valence-electron chi connectivity index (χ1n) is 6.50. The molecule has 0 saturated carbocycles. The minimum absolute atomic E-state index is 0.354. The highest BCUT2D eigenvalue weighted by Gasteiger charge is 2.05. The van der Waals surface area contributed by atoms with Crippen LogP contribution in [-0.2, 0) is 11.2 Å². The zero-order valence-electron chi connectivity index (χ0n) is 10.7. The van der Waals surface area contributed by atoms with Crippen LogP contribution in [0.25, 0.3) is 0 Å². The molecule has 0 atom stereocenters. The maximum absolute atomic E-state index is 11.8. The molecule has 0 unspecified atom stereocenters. The monoisotopic (exact) mass is 233 g/mol. The lowest BCUT2D eigenvalue weighted by atomic mass is 10.0. The smallest absolute Gasteiger partial charge is 0.137 e. The summed E-state index contributed by atoms with van der Waals surface area (Å²) in [6, 6.07) is 8.11. The SMILES string of the molecule is Cc1ccccc1CC(=O)CCCCCCN. The fraction of sp³-hybridized carbons (Fsp3) is 0.533. The predicted octanol–water partition coefficient (Wildman–Crippen LogP) is 3.02. The lowest BCUT2D eigenvalue weighted by Gasteiger charge is -2.04. The Balaban J connectivity index is 2.23. The quantitative estimate of drug-likeness (QED) is 0.701. The summed E-state index contributed by atoms with van der Waals surface area (Å²) in [4.78, 5) is 11.8. The number of benzene rings is 1. The van der Waals surface area contributed by atoms with Crippen molar-refractivity contribution in [3.05, 3.63) is 35.4 Å². The molecule has 1 rings (SSSR count). The number of ketones is 1. The summed E-state index contributed by atoms with van der Waals surface area (Å²) in [6.45, 7) is 2.82. The molecule has 0 aliphatic carbocycles. The standard InChI is InChI=1S/C15H23NO/c1-13-8-5-6-9-14(13)12-15(17)10-4-2-3-7-11-16/h5-6,8-9H,2-4,7,10-12,16H2,1H3. The normalized spacial score (nSPS) is 10.5. The molecule has 0 heterocycles. The van der Waals surface area contributed by atoms with E-state index in [1.165, 1.54) is 11.1 Å². The molecular formula is C15H23NO. The molecule has 0 spiro atoms. The molecule has 1 aromatic rings. The van der Waals surface area contributed by atoms with Crippen LogP contribution in [0, 0.1) is 6.92 Å². The molecule has 0 bridgehead atoms. The fourth-order valence-corrected chi connectivity index (χ4v) is 1.93. The van der Waals surface area contributed by atoms with Crippen molar-refractivity contribution in [2.24, 2.45) is 5.73 Å². The molecule has 2 nitrogen and oxygen atoms in total. The number of hydrogen-bond acceptors (Lipinski definition) is 2. The van der Waals surface area contributed by atoms with Crippen LogP contribution < -0.4 is 5.73 Å². The summed E-state index contributed by atoms with van der Waals surface area (Å²) in [5.41, 5.74) is 7.80. The topological polar surface area (TPSA) is 43.1 Å². The summed E-state index contributed by atoms with van der Waals surface area (Å²) in [6.07, 6.45) is 5.64. The van der Waals surface area contributed by atoms with Crippen LogP contribution in [0.15, 0.2) is 24.3 Å². The molecule has 0 aliphatic heterocycles. The van der Waals surface area contributed by atoms with Gasteiger partial charge >= 0.3 is 0 Å². The van der Waals surface area contributed by atoms with E-state index in [9.17, 15) is 4.79 Å². The Bertz CT molecular complexity index is 347. The van der Waals surface area contributed by atoms with Gasteiger partial charge in [0.25, 0.3) is 0 Å². The van der Waals surface area contributed by atoms with Gasteiger partial charge in [-0.25, -0.2) is 0 Å². The van der Waals surface area contributed by atoms with Crippen molar-refractivity contribution in [2.45, 2.75) is 45.4 Å². The summed E-state index contributed by atoms with van der Waals surface area (Å²) >= 11 is 0. The molecule has 1 aromatic carbocycles. The van der Waals surface area contributed by atoms with Crippen molar-refractivity contribution in [3.8, 4) is 0 Å². The predicted molar refractivity (Wildman–Crippen MR) is 72.0 cm³/mol. The van der Waals surface area contributed by atoms with Crippen molar-refractivity contribution in [3.63, 3.8) is 0 Å². The van der Waals surface area contributed by atoms with Crippen molar-refractivity contribution in [1.82, 2.24) is 0 Å². The maximum Gasteiger partial charge on any atom is 0.137 e. The molecule has 0 aromatic heterocycles. The molecule has 0 fully saturated rings. The van der Waals surface area contributed by atoms with E-state index in [2.05, 4.69) is 13.0 Å². The first-order valence-corrected chi connectivity index (χ1v) is 6.50. The van der Waals surface area contributed by atoms with Crippen LogP contribution in [0.3, 0.4) is 0 Å². The number of unbranched alkanes of at least 4 members (excludes halogenated alkanes) is 3. The van der Waals surface area contributed by atoms with Gasteiger partial charge in [-0.15, -0.1) is 0 Å². The van der Waals surface area contributed by atoms with E-state index in [0.29, 0.717) is 18.6 Å². The molecule has 0 saturated heterocycles. The van der Waals surface area contributed by atoms with Gasteiger partial charge in [-0.2, -0.15) is 0 Å². The Morgan fingerprint density at radius 3 is 2.53 bits per heavy atom. The number of carbonyl (C=O) groups is 1. The highest BCUT2D eigenvalue weighted by molar-refractivity contribution is 5.81. The number of nitrogens with two attached hydrogens (primary N) is 1. The van der Waals surface area contributed by atoms with E-state index in [4.69, 9.17) is 5.73 Å². The number of Topliss-reactive ketones (excluding diaryl/α,β-unsaturated/α-hetero) is 1. The van der Waals surface area contributed by atoms with E-state index in [-0.39, 0.29) is 0 Å².